The van der Waals surface area contributed by atoms with Crippen molar-refractivity contribution in [1.29, 1.82) is 0 Å². The van der Waals surface area contributed by atoms with Gasteiger partial charge in [0.15, 0.2) is 0 Å². The van der Waals surface area contributed by atoms with Gasteiger partial charge in [0.25, 0.3) is 0 Å². The van der Waals surface area contributed by atoms with Crippen LogP contribution in [0.25, 0.3) is 0 Å². The molecule has 0 bridgehead atoms. The highest BCUT2D eigenvalue weighted by Crippen LogP contribution is 2.25. The second-order valence-corrected chi connectivity index (χ2v) is 11.8. The van der Waals surface area contributed by atoms with Crippen LogP contribution in [0.3, 0.4) is 0 Å². The second kappa shape index (κ2) is 15.3. The third kappa shape index (κ3) is 10.7. The van der Waals surface area contributed by atoms with E-state index < -0.39 is 0 Å². The van der Waals surface area contributed by atoms with E-state index in [9.17, 15) is 0 Å². The summed E-state index contributed by atoms with van der Waals surface area (Å²) in [5, 5.41) is 25.8. The van der Waals surface area contributed by atoms with Crippen molar-refractivity contribution in [2.24, 2.45) is 0 Å². The highest BCUT2D eigenvalue weighted by atomic mass is 33.1. The van der Waals surface area contributed by atoms with Crippen molar-refractivity contribution >= 4 is 45.1 Å². The summed E-state index contributed by atoms with van der Waals surface area (Å²) in [7, 11) is 12.1. The monoisotopic (exact) mass is 492 g/mol. The van der Waals surface area contributed by atoms with Crippen molar-refractivity contribution < 1.29 is 0 Å². The molecule has 0 unspecified atom stereocenters. The summed E-state index contributed by atoms with van der Waals surface area (Å²) in [6.07, 6.45) is 2.30. The number of hydrogen-bond donors (Lipinski definition) is 0. The van der Waals surface area contributed by atoms with E-state index in [4.69, 9.17) is 0 Å². The molecular weight excluding hydrogens is 461 g/mol. The minimum absolute atomic E-state index is 0.826. The van der Waals surface area contributed by atoms with Gasteiger partial charge in [-0.1, -0.05) is 45.1 Å². The molecule has 170 valence electrons. The third-order valence-electron chi connectivity index (χ3n) is 3.81. The van der Waals surface area contributed by atoms with E-state index in [1.165, 1.54) is 0 Å². The summed E-state index contributed by atoms with van der Waals surface area (Å²) in [6, 6.07) is 0. The average Bonchev–Trinajstić information content (AvgIpc) is 3.35. The van der Waals surface area contributed by atoms with Crippen molar-refractivity contribution in [1.82, 2.24) is 50.2 Å². The van der Waals surface area contributed by atoms with Crippen LogP contribution in [-0.4, -0.2) is 115 Å². The van der Waals surface area contributed by atoms with Crippen LogP contribution >= 0.6 is 45.1 Å². The molecule has 0 aliphatic carbocycles. The molecule has 0 N–H and O–H groups in total. The molecule has 0 amide bonds. The molecule has 10 nitrogen and oxygen atoms in total. The average molecular weight is 493 g/mol. The van der Waals surface area contributed by atoms with Crippen LogP contribution < -0.4 is 0 Å². The Bertz CT molecular complexity index is 635. The molecule has 0 saturated carbocycles. The van der Waals surface area contributed by atoms with Crippen molar-refractivity contribution in [3.05, 3.63) is 0 Å². The Labute approximate surface area is 195 Å². The zero-order valence-corrected chi connectivity index (χ0v) is 21.4. The molecule has 2 rings (SSSR count). The maximum atomic E-state index is 4.12. The lowest BCUT2D eigenvalue weighted by Crippen LogP contribution is -2.19. The first-order valence-corrected chi connectivity index (χ1v) is 14.3. The zero-order valence-electron chi connectivity index (χ0n) is 18.2. The van der Waals surface area contributed by atoms with Crippen LogP contribution in [0.2, 0.25) is 0 Å². The van der Waals surface area contributed by atoms with E-state index in [0.717, 1.165) is 72.3 Å². The van der Waals surface area contributed by atoms with Gasteiger partial charge in [0, 0.05) is 36.1 Å². The predicted molar refractivity (Wildman–Crippen MR) is 128 cm³/mol. The lowest BCUT2D eigenvalue weighted by Gasteiger charge is -2.09. The third-order valence-corrected chi connectivity index (χ3v) is 8.47. The predicted octanol–water partition coefficient (Wildman–Crippen LogP) is 1.83. The van der Waals surface area contributed by atoms with E-state index in [0.29, 0.717) is 0 Å². The van der Waals surface area contributed by atoms with Gasteiger partial charge in [0.1, 0.15) is 0 Å². The number of likely N-dealkylation sites (N-methyl/N-ethyl adjacent to an activating group) is 2. The summed E-state index contributed by atoms with van der Waals surface area (Å²) in [5.74, 6) is 4.38. The Morgan fingerprint density at radius 3 is 1.50 bits per heavy atom. The molecule has 0 aromatic carbocycles. The van der Waals surface area contributed by atoms with Gasteiger partial charge in [0.2, 0.25) is 10.3 Å². The summed E-state index contributed by atoms with van der Waals surface area (Å²) in [4.78, 5) is 4.27. The van der Waals surface area contributed by atoms with Crippen LogP contribution in [-0.2, 0) is 13.1 Å². The quantitative estimate of drug-likeness (QED) is 0.183. The van der Waals surface area contributed by atoms with Gasteiger partial charge in [0.05, 0.1) is 13.1 Å². The minimum Gasteiger partial charge on any atom is -0.308 e. The lowest BCUT2D eigenvalue weighted by atomic mass is 10.6. The minimum atomic E-state index is 0.826. The van der Waals surface area contributed by atoms with Crippen molar-refractivity contribution in [3.8, 4) is 0 Å². The van der Waals surface area contributed by atoms with E-state index in [1.807, 2.05) is 31.0 Å². The topological polar surface area (TPSA) is 93.7 Å². The van der Waals surface area contributed by atoms with Gasteiger partial charge in [-0.05, 0) is 61.9 Å². The number of nitrogens with zero attached hydrogens (tertiary/aromatic N) is 10. The van der Waals surface area contributed by atoms with Crippen molar-refractivity contribution in [2.45, 2.75) is 36.2 Å². The maximum absolute atomic E-state index is 4.12. The van der Waals surface area contributed by atoms with Crippen LogP contribution in [0.5, 0.6) is 0 Å². The zero-order chi connectivity index (χ0) is 21.6. The van der Waals surface area contributed by atoms with Gasteiger partial charge in [-0.25, -0.2) is 9.36 Å². The molecule has 0 saturated heterocycles. The van der Waals surface area contributed by atoms with Crippen molar-refractivity contribution in [2.75, 3.05) is 64.3 Å². The smallest absolute Gasteiger partial charge is 0.209 e. The molecule has 0 aliphatic rings. The van der Waals surface area contributed by atoms with E-state index in [1.54, 1.807) is 23.5 Å². The normalized spacial score (nSPS) is 11.8. The van der Waals surface area contributed by atoms with Gasteiger partial charge < -0.3 is 9.80 Å². The fourth-order valence-corrected chi connectivity index (χ4v) is 6.37. The highest BCUT2D eigenvalue weighted by molar-refractivity contribution is 8.76. The Hall–Kier alpha value is -0.540. The van der Waals surface area contributed by atoms with Crippen LogP contribution in [0.1, 0.15) is 12.8 Å². The summed E-state index contributed by atoms with van der Waals surface area (Å²) >= 11 is 3.48. The molecule has 14 heteroatoms. The number of rotatable bonds is 17. The van der Waals surface area contributed by atoms with Crippen LogP contribution in [0.15, 0.2) is 10.3 Å². The van der Waals surface area contributed by atoms with E-state index in [-0.39, 0.29) is 0 Å². The first-order valence-electron chi connectivity index (χ1n) is 9.88. The molecule has 0 aliphatic heterocycles. The Kier molecular flexibility index (Phi) is 13.1. The summed E-state index contributed by atoms with van der Waals surface area (Å²) in [6.45, 7) is 3.53. The van der Waals surface area contributed by atoms with Crippen LogP contribution in [0.4, 0.5) is 0 Å². The van der Waals surface area contributed by atoms with Gasteiger partial charge >= 0.3 is 0 Å². The summed E-state index contributed by atoms with van der Waals surface area (Å²) < 4.78 is 3.78. The number of tetrazole rings is 2. The molecule has 0 fully saturated rings. The van der Waals surface area contributed by atoms with Crippen LogP contribution in [0, 0.1) is 0 Å². The second-order valence-electron chi connectivity index (χ2n) is 7.02. The Morgan fingerprint density at radius 2 is 1.10 bits per heavy atom. The molecule has 2 aromatic heterocycles. The maximum Gasteiger partial charge on any atom is 0.209 e. The SMILES string of the molecule is CN(C)CCn1nnnc1SCCCSSCCCSc1nnnn1CCN(C)C. The number of aromatic nitrogens is 8. The van der Waals surface area contributed by atoms with Crippen molar-refractivity contribution in [3.63, 3.8) is 0 Å². The van der Waals surface area contributed by atoms with Gasteiger partial charge in [-0.3, -0.25) is 0 Å². The van der Waals surface area contributed by atoms with E-state index in [2.05, 4.69) is 69.0 Å². The number of hydrogen-bond acceptors (Lipinski definition) is 12. The standard InChI is InChI=1S/C16H32N10S4/c1-23(2)7-9-25-15(17-19-21-25)27-11-5-13-29-30-14-6-12-28-16-18-20-22-26(16)10-8-24(3)4/h5-14H2,1-4H3. The fourth-order valence-electron chi connectivity index (χ4n) is 2.15. The van der Waals surface area contributed by atoms with Gasteiger partial charge in [-0.2, -0.15) is 0 Å². The molecule has 2 aromatic rings. The molecule has 0 spiro atoms. The first kappa shape index (κ1) is 25.7. The van der Waals surface area contributed by atoms with E-state index >= 15 is 0 Å². The molecular formula is C16H32N10S4. The largest absolute Gasteiger partial charge is 0.308 e. The Balaban J connectivity index is 1.46. The summed E-state index contributed by atoms with van der Waals surface area (Å²) in [5.41, 5.74) is 0. The first-order chi connectivity index (χ1) is 14.6. The highest BCUT2D eigenvalue weighted by Gasteiger charge is 2.08. The molecule has 0 radical (unpaired) electrons. The van der Waals surface area contributed by atoms with Gasteiger partial charge in [-0.15, -0.1) is 10.2 Å². The molecule has 30 heavy (non-hydrogen) atoms. The number of thioether (sulfide) groups is 2. The fraction of sp³-hybridized carbons (Fsp3) is 0.875. The molecule has 2 heterocycles. The lowest BCUT2D eigenvalue weighted by molar-refractivity contribution is 0.361. The molecule has 0 atom stereocenters. The Morgan fingerprint density at radius 1 is 0.667 bits per heavy atom.